The maximum Gasteiger partial charge on any atom is 0.243 e. The molecule has 1 atom stereocenters. The largest absolute Gasteiger partial charge is 0.354 e. The Balaban J connectivity index is 1.92. The molecule has 0 aliphatic carbocycles. The number of benzene rings is 3. The molecule has 42 heavy (non-hydrogen) atoms. The third-order valence-electron chi connectivity index (χ3n) is 6.96. The van der Waals surface area contributed by atoms with Crippen LogP contribution in [0.5, 0.6) is 0 Å². The van der Waals surface area contributed by atoms with Crippen molar-refractivity contribution in [3.05, 3.63) is 99.0 Å². The first-order chi connectivity index (χ1) is 19.9. The summed E-state index contributed by atoms with van der Waals surface area (Å²) in [5, 5.41) is 3.81. The molecule has 2 amide bonds. The minimum absolute atomic E-state index is 0.0362. The van der Waals surface area contributed by atoms with Crippen molar-refractivity contribution in [1.29, 1.82) is 0 Å². The molecular weight excluding hydrogens is 593 g/mol. The zero-order valence-electron chi connectivity index (χ0n) is 24.6. The van der Waals surface area contributed by atoms with Crippen LogP contribution in [-0.2, 0) is 32.6 Å². The van der Waals surface area contributed by atoms with Crippen LogP contribution < -0.4 is 9.62 Å². The predicted molar refractivity (Wildman–Crippen MR) is 172 cm³/mol. The number of hydrogen-bond acceptors (Lipinski definition) is 4. The van der Waals surface area contributed by atoms with Crippen molar-refractivity contribution in [3.8, 4) is 0 Å². The Labute approximate surface area is 259 Å². The zero-order valence-corrected chi connectivity index (χ0v) is 26.9. The first kappa shape index (κ1) is 33.4. The Kier molecular flexibility index (Phi) is 12.3. The summed E-state index contributed by atoms with van der Waals surface area (Å²) in [7, 11) is -3.60. The lowest BCUT2D eigenvalue weighted by Gasteiger charge is -2.32. The van der Waals surface area contributed by atoms with Crippen molar-refractivity contribution in [2.75, 3.05) is 23.7 Å². The molecule has 0 saturated heterocycles. The average molecular weight is 633 g/mol. The second kappa shape index (κ2) is 15.4. The van der Waals surface area contributed by atoms with E-state index >= 15 is 0 Å². The lowest BCUT2D eigenvalue weighted by Crippen LogP contribution is -2.50. The molecule has 10 heteroatoms. The Morgan fingerprint density at radius 2 is 1.69 bits per heavy atom. The van der Waals surface area contributed by atoms with E-state index in [4.69, 9.17) is 23.2 Å². The van der Waals surface area contributed by atoms with Crippen molar-refractivity contribution in [2.45, 2.75) is 59.0 Å². The number of halogens is 2. The third kappa shape index (κ3) is 9.48. The summed E-state index contributed by atoms with van der Waals surface area (Å²) < 4.78 is 26.9. The van der Waals surface area contributed by atoms with Crippen LogP contribution in [-0.4, -0.2) is 50.5 Å². The van der Waals surface area contributed by atoms with E-state index in [1.165, 1.54) is 10.6 Å². The van der Waals surface area contributed by atoms with Gasteiger partial charge >= 0.3 is 0 Å². The van der Waals surface area contributed by atoms with Gasteiger partial charge in [0.05, 0.1) is 11.9 Å². The van der Waals surface area contributed by atoms with Crippen molar-refractivity contribution in [1.82, 2.24) is 10.2 Å². The average Bonchev–Trinajstić information content (AvgIpc) is 2.94. The molecule has 0 fully saturated rings. The summed E-state index contributed by atoms with van der Waals surface area (Å²) in [5.41, 5.74) is 3.92. The summed E-state index contributed by atoms with van der Waals surface area (Å²) >= 11 is 12.6. The normalized spacial score (nSPS) is 12.0. The number of amides is 2. The molecule has 0 aromatic heterocycles. The number of aryl methyl sites for hydroxylation is 2. The minimum Gasteiger partial charge on any atom is -0.354 e. The van der Waals surface area contributed by atoms with Gasteiger partial charge < -0.3 is 10.2 Å². The van der Waals surface area contributed by atoms with Gasteiger partial charge in [-0.1, -0.05) is 78.7 Å². The molecular formula is C32H39Cl2N3O4S. The highest BCUT2D eigenvalue weighted by Crippen LogP contribution is 2.26. The molecule has 3 aromatic rings. The van der Waals surface area contributed by atoms with E-state index in [0.717, 1.165) is 23.1 Å². The Hall–Kier alpha value is -3.07. The summed E-state index contributed by atoms with van der Waals surface area (Å²) in [4.78, 5) is 29.0. The maximum absolute atomic E-state index is 13.9. The molecule has 0 aliphatic heterocycles. The topological polar surface area (TPSA) is 86.8 Å². The smallest absolute Gasteiger partial charge is 0.243 e. The second-order valence-corrected chi connectivity index (χ2v) is 13.2. The lowest BCUT2D eigenvalue weighted by atomic mass is 10.0. The van der Waals surface area contributed by atoms with Crippen molar-refractivity contribution in [3.63, 3.8) is 0 Å². The number of carbonyl (C=O) groups excluding carboxylic acids is 2. The van der Waals surface area contributed by atoms with Gasteiger partial charge in [0, 0.05) is 42.5 Å². The summed E-state index contributed by atoms with van der Waals surface area (Å²) in [6, 6.07) is 19.4. The van der Waals surface area contributed by atoms with E-state index in [1.807, 2.05) is 69.3 Å². The molecule has 1 N–H and O–H groups in total. The van der Waals surface area contributed by atoms with Crippen LogP contribution in [0.1, 0.15) is 48.4 Å². The van der Waals surface area contributed by atoms with Crippen LogP contribution in [0.15, 0.2) is 66.7 Å². The van der Waals surface area contributed by atoms with E-state index < -0.39 is 16.1 Å². The molecule has 0 bridgehead atoms. The number of anilines is 1. The highest BCUT2D eigenvalue weighted by atomic mass is 35.5. The number of sulfonamides is 1. The van der Waals surface area contributed by atoms with Gasteiger partial charge in [0.1, 0.15) is 6.04 Å². The second-order valence-electron chi connectivity index (χ2n) is 10.5. The van der Waals surface area contributed by atoms with E-state index in [9.17, 15) is 18.0 Å². The Morgan fingerprint density at radius 1 is 0.976 bits per heavy atom. The summed E-state index contributed by atoms with van der Waals surface area (Å²) in [6.45, 7) is 6.43. The highest BCUT2D eigenvalue weighted by Gasteiger charge is 2.31. The van der Waals surface area contributed by atoms with Crippen molar-refractivity contribution in [2.24, 2.45) is 0 Å². The summed E-state index contributed by atoms with van der Waals surface area (Å²) in [6.07, 6.45) is 2.53. The molecule has 226 valence electrons. The van der Waals surface area contributed by atoms with Gasteiger partial charge in [-0.3, -0.25) is 13.9 Å². The lowest BCUT2D eigenvalue weighted by molar-refractivity contribution is -0.141. The van der Waals surface area contributed by atoms with Crippen molar-refractivity contribution < 1.29 is 18.0 Å². The van der Waals surface area contributed by atoms with Gasteiger partial charge in [0.2, 0.25) is 21.8 Å². The van der Waals surface area contributed by atoms with E-state index in [0.29, 0.717) is 34.3 Å². The molecule has 3 rings (SSSR count). The fourth-order valence-electron chi connectivity index (χ4n) is 4.72. The van der Waals surface area contributed by atoms with Crippen LogP contribution in [0.25, 0.3) is 0 Å². The quantitative estimate of drug-likeness (QED) is 0.225. The third-order valence-corrected chi connectivity index (χ3v) is 8.73. The van der Waals surface area contributed by atoms with Crippen molar-refractivity contribution >= 4 is 50.7 Å². The van der Waals surface area contributed by atoms with Gasteiger partial charge in [-0.2, -0.15) is 0 Å². The molecule has 1 unspecified atom stereocenters. The zero-order chi connectivity index (χ0) is 30.9. The van der Waals surface area contributed by atoms with Gasteiger partial charge in [-0.25, -0.2) is 8.42 Å². The molecule has 0 saturated carbocycles. The van der Waals surface area contributed by atoms with E-state index in [-0.39, 0.29) is 37.7 Å². The monoisotopic (exact) mass is 631 g/mol. The fourth-order valence-corrected chi connectivity index (χ4v) is 6.21. The molecule has 0 heterocycles. The first-order valence-corrected chi connectivity index (χ1v) is 16.6. The van der Waals surface area contributed by atoms with Crippen LogP contribution in [0.3, 0.4) is 0 Å². The molecule has 7 nitrogen and oxygen atoms in total. The fraction of sp³-hybridized carbons (Fsp3) is 0.375. The van der Waals surface area contributed by atoms with Gasteiger partial charge in [-0.05, 0) is 67.1 Å². The SMILES string of the molecule is CCCNC(=O)C(Cc1ccccc1)N(Cc1ccc(Cl)cc1Cl)C(=O)CCCN(c1cc(C)ccc1C)S(C)(=O)=O. The molecule has 0 radical (unpaired) electrons. The number of rotatable bonds is 14. The Morgan fingerprint density at radius 3 is 2.33 bits per heavy atom. The number of carbonyl (C=O) groups is 2. The van der Waals surface area contributed by atoms with Gasteiger partial charge in [0.25, 0.3) is 0 Å². The first-order valence-electron chi connectivity index (χ1n) is 14.0. The number of nitrogens with zero attached hydrogens (tertiary/aromatic N) is 2. The number of nitrogens with one attached hydrogen (secondary N) is 1. The van der Waals surface area contributed by atoms with Crippen LogP contribution in [0.4, 0.5) is 5.69 Å². The molecule has 3 aromatic carbocycles. The molecule has 0 spiro atoms. The Bertz CT molecular complexity index is 1480. The number of hydrogen-bond donors (Lipinski definition) is 1. The summed E-state index contributed by atoms with van der Waals surface area (Å²) in [5.74, 6) is -0.532. The highest BCUT2D eigenvalue weighted by molar-refractivity contribution is 7.92. The van der Waals surface area contributed by atoms with Gasteiger partial charge in [-0.15, -0.1) is 0 Å². The van der Waals surface area contributed by atoms with E-state index in [2.05, 4.69) is 5.32 Å². The van der Waals surface area contributed by atoms with Gasteiger partial charge in [0.15, 0.2) is 0 Å². The predicted octanol–water partition coefficient (Wildman–Crippen LogP) is 6.32. The van der Waals surface area contributed by atoms with Crippen LogP contribution >= 0.6 is 23.2 Å². The van der Waals surface area contributed by atoms with Crippen LogP contribution in [0, 0.1) is 13.8 Å². The molecule has 0 aliphatic rings. The standard InChI is InChI=1S/C32H39Cl2N3O4S/c1-5-17-35-32(39)30(20-25-10-7-6-8-11-25)36(22-26-15-16-27(33)21-28(26)34)31(38)12-9-18-37(42(4,40)41)29-19-23(2)13-14-24(29)3/h6-8,10-11,13-16,19,21,30H,5,9,12,17-18,20,22H2,1-4H3,(H,35,39). The minimum atomic E-state index is -3.60. The van der Waals surface area contributed by atoms with Crippen LogP contribution in [0.2, 0.25) is 10.0 Å². The maximum atomic E-state index is 13.9. The van der Waals surface area contributed by atoms with E-state index in [1.54, 1.807) is 23.1 Å².